The first-order valence-electron chi connectivity index (χ1n) is 4.19. The van der Waals surface area contributed by atoms with Gasteiger partial charge in [0, 0.05) is 18.5 Å². The van der Waals surface area contributed by atoms with Crippen molar-refractivity contribution in [2.75, 3.05) is 7.05 Å². The third-order valence-electron chi connectivity index (χ3n) is 2.11. The van der Waals surface area contributed by atoms with Gasteiger partial charge in [0.25, 0.3) is 6.42 Å². The lowest BCUT2D eigenvalue weighted by Gasteiger charge is -2.18. The summed E-state index contributed by atoms with van der Waals surface area (Å²) in [5.41, 5.74) is 1.16. The molecule has 1 atom stereocenters. The van der Waals surface area contributed by atoms with Crippen molar-refractivity contribution in [3.8, 4) is 0 Å². The zero-order valence-corrected chi connectivity index (χ0v) is 7.66. The Balaban J connectivity index is 2.70. The van der Waals surface area contributed by atoms with Crippen LogP contribution < -0.4 is 10.6 Å². The maximum atomic E-state index is 13.1. The Kier molecular flexibility index (Phi) is 1.79. The number of aryl methyl sites for hydroxylation is 1. The van der Waals surface area contributed by atoms with E-state index in [4.69, 9.17) is 0 Å². The molecule has 13 heavy (non-hydrogen) atoms. The number of alkyl halides is 1. The van der Waals surface area contributed by atoms with Crippen molar-refractivity contribution in [2.24, 2.45) is 4.99 Å². The van der Waals surface area contributed by atoms with E-state index in [-0.39, 0.29) is 0 Å². The number of hydrogen-bond acceptors (Lipinski definition) is 2. The van der Waals surface area contributed by atoms with Gasteiger partial charge in [-0.25, -0.2) is 4.99 Å². The molecule has 0 radical (unpaired) electrons. The van der Waals surface area contributed by atoms with Gasteiger partial charge in [0.1, 0.15) is 0 Å². The summed E-state index contributed by atoms with van der Waals surface area (Å²) in [4.78, 5) is 5.36. The molecule has 0 saturated carbocycles. The van der Waals surface area contributed by atoms with E-state index in [9.17, 15) is 4.39 Å². The van der Waals surface area contributed by atoms with Crippen molar-refractivity contribution in [3.63, 3.8) is 0 Å². The molecule has 1 aromatic rings. The fourth-order valence-corrected chi connectivity index (χ4v) is 1.38. The third kappa shape index (κ3) is 1.41. The highest BCUT2D eigenvalue weighted by Gasteiger charge is 2.10. The van der Waals surface area contributed by atoms with Crippen LogP contribution in [0.2, 0.25) is 0 Å². The average molecular weight is 178 g/mol. The maximum Gasteiger partial charge on any atom is 0.266 e. The number of nitrogens with zero attached hydrogens (tertiary/aromatic N) is 2. The normalized spacial score (nSPS) is 20.2. The number of fused-ring (bicyclic) bond motifs is 1. The molecule has 3 heteroatoms. The molecule has 0 spiro atoms. The number of halogens is 1. The molecule has 1 aliphatic rings. The Hall–Kier alpha value is -1.38. The van der Waals surface area contributed by atoms with E-state index >= 15 is 0 Å². The van der Waals surface area contributed by atoms with Gasteiger partial charge in [-0.3, -0.25) is 0 Å². The monoisotopic (exact) mass is 178 g/mol. The zero-order valence-electron chi connectivity index (χ0n) is 7.66. The highest BCUT2D eigenvalue weighted by atomic mass is 19.1. The molecular weight excluding hydrogens is 167 g/mol. The summed E-state index contributed by atoms with van der Waals surface area (Å²) < 4.78 is 13.1. The predicted octanol–water partition coefficient (Wildman–Crippen LogP) is 0.551. The van der Waals surface area contributed by atoms with Gasteiger partial charge >= 0.3 is 0 Å². The molecule has 2 rings (SSSR count). The number of rotatable bonds is 0. The van der Waals surface area contributed by atoms with E-state index in [1.807, 2.05) is 25.1 Å². The fourth-order valence-electron chi connectivity index (χ4n) is 1.38. The van der Waals surface area contributed by atoms with E-state index in [2.05, 4.69) is 4.99 Å². The van der Waals surface area contributed by atoms with Crippen molar-refractivity contribution in [1.29, 1.82) is 0 Å². The second-order valence-electron chi connectivity index (χ2n) is 3.30. The Morgan fingerprint density at radius 3 is 3.00 bits per heavy atom. The van der Waals surface area contributed by atoms with Crippen molar-refractivity contribution < 1.29 is 4.39 Å². The minimum Gasteiger partial charge on any atom is -0.333 e. The first-order chi connectivity index (χ1) is 6.16. The fraction of sp³-hybridized carbons (Fsp3) is 0.300. The molecule has 2 nitrogen and oxygen atoms in total. The van der Waals surface area contributed by atoms with Gasteiger partial charge in [0.15, 0.2) is 0 Å². The van der Waals surface area contributed by atoms with E-state index < -0.39 is 6.42 Å². The molecule has 0 aromatic heterocycles. The molecular formula is C10H11FN2. The highest BCUT2D eigenvalue weighted by Crippen LogP contribution is 2.01. The summed E-state index contributed by atoms with van der Waals surface area (Å²) in [6, 6.07) is 5.79. The molecule has 0 aliphatic carbocycles. The van der Waals surface area contributed by atoms with Crippen molar-refractivity contribution >= 4 is 6.20 Å². The molecule has 0 fully saturated rings. The Morgan fingerprint density at radius 1 is 1.46 bits per heavy atom. The molecule has 1 unspecified atom stereocenters. The van der Waals surface area contributed by atoms with Gasteiger partial charge in [-0.2, -0.15) is 4.39 Å². The van der Waals surface area contributed by atoms with Crippen molar-refractivity contribution in [2.45, 2.75) is 13.3 Å². The van der Waals surface area contributed by atoms with Gasteiger partial charge in [0.2, 0.25) is 0 Å². The molecule has 1 heterocycles. The van der Waals surface area contributed by atoms with Crippen LogP contribution in [0.5, 0.6) is 0 Å². The molecule has 0 amide bonds. The first kappa shape index (κ1) is 8.23. The van der Waals surface area contributed by atoms with Gasteiger partial charge in [-0.15, -0.1) is 0 Å². The van der Waals surface area contributed by atoms with E-state index in [1.54, 1.807) is 13.2 Å². The molecule has 0 N–H and O–H groups in total. The summed E-state index contributed by atoms with van der Waals surface area (Å²) in [7, 11) is 1.68. The Labute approximate surface area is 76.0 Å². The van der Waals surface area contributed by atoms with Crippen LogP contribution in [0.25, 0.3) is 6.20 Å². The maximum absolute atomic E-state index is 13.1. The minimum absolute atomic E-state index is 0.733. The predicted molar refractivity (Wildman–Crippen MR) is 49.1 cm³/mol. The van der Waals surface area contributed by atoms with Crippen molar-refractivity contribution in [1.82, 2.24) is 4.90 Å². The SMILES string of the molecule is Cc1ccc2c(c1)=CN(C)C(F)N=2. The van der Waals surface area contributed by atoms with E-state index in [0.717, 1.165) is 16.1 Å². The van der Waals surface area contributed by atoms with E-state index in [1.165, 1.54) is 4.90 Å². The smallest absolute Gasteiger partial charge is 0.266 e. The van der Waals surface area contributed by atoms with Crippen LogP contribution in [0.15, 0.2) is 23.2 Å². The second-order valence-corrected chi connectivity index (χ2v) is 3.30. The lowest BCUT2D eigenvalue weighted by Crippen LogP contribution is -2.38. The van der Waals surface area contributed by atoms with Gasteiger partial charge in [0.05, 0.1) is 5.36 Å². The van der Waals surface area contributed by atoms with E-state index in [0.29, 0.717) is 0 Å². The minimum atomic E-state index is -1.24. The van der Waals surface area contributed by atoms with Crippen LogP contribution in [0, 0.1) is 6.92 Å². The van der Waals surface area contributed by atoms with Crippen molar-refractivity contribution in [3.05, 3.63) is 34.3 Å². The van der Waals surface area contributed by atoms with Crippen LogP contribution in [0.1, 0.15) is 5.56 Å². The van der Waals surface area contributed by atoms with Gasteiger partial charge in [-0.1, -0.05) is 11.6 Å². The topological polar surface area (TPSA) is 15.6 Å². The summed E-state index contributed by atoms with van der Waals surface area (Å²) in [5, 5.41) is 1.72. The quantitative estimate of drug-likeness (QED) is 0.530. The first-order valence-corrected chi connectivity index (χ1v) is 4.19. The summed E-state index contributed by atoms with van der Waals surface area (Å²) >= 11 is 0. The molecule has 0 bridgehead atoms. The standard InChI is InChI=1S/C10H11FN2/c1-7-3-4-9-8(5-7)6-13(2)10(11)12-9/h3-6,10H,1-2H3. The zero-order chi connectivity index (χ0) is 9.42. The second kappa shape index (κ2) is 2.83. The highest BCUT2D eigenvalue weighted by molar-refractivity contribution is 5.27. The number of benzene rings is 1. The van der Waals surface area contributed by atoms with Gasteiger partial charge < -0.3 is 4.90 Å². The van der Waals surface area contributed by atoms with Crippen LogP contribution in [-0.4, -0.2) is 18.4 Å². The van der Waals surface area contributed by atoms with Crippen LogP contribution >= 0.6 is 0 Å². The summed E-state index contributed by atoms with van der Waals surface area (Å²) in [6.45, 7) is 2.01. The Bertz CT molecular complexity index is 439. The molecule has 0 saturated heterocycles. The largest absolute Gasteiger partial charge is 0.333 e. The molecule has 68 valence electrons. The van der Waals surface area contributed by atoms with Gasteiger partial charge in [-0.05, 0) is 19.1 Å². The molecule has 1 aromatic carbocycles. The third-order valence-corrected chi connectivity index (χ3v) is 2.11. The molecule has 1 aliphatic heterocycles. The number of hydrogen-bond donors (Lipinski definition) is 0. The lowest BCUT2D eigenvalue weighted by atomic mass is 10.2. The van der Waals surface area contributed by atoms with Crippen LogP contribution in [0.3, 0.4) is 0 Å². The lowest BCUT2D eigenvalue weighted by molar-refractivity contribution is 0.177. The summed E-state index contributed by atoms with van der Waals surface area (Å²) in [5.74, 6) is 0. The Morgan fingerprint density at radius 2 is 2.23 bits per heavy atom. The van der Waals surface area contributed by atoms with Crippen LogP contribution in [-0.2, 0) is 0 Å². The average Bonchev–Trinajstić information content (AvgIpc) is 2.08. The summed E-state index contributed by atoms with van der Waals surface area (Å²) in [6.07, 6.45) is 0.537. The van der Waals surface area contributed by atoms with Crippen LogP contribution in [0.4, 0.5) is 4.39 Å².